The first kappa shape index (κ1) is 13.8. The van der Waals surface area contributed by atoms with Crippen LogP contribution in [0.1, 0.15) is 20.7 Å². The van der Waals surface area contributed by atoms with Gasteiger partial charge < -0.3 is 14.6 Å². The van der Waals surface area contributed by atoms with Crippen LogP contribution in [0.15, 0.2) is 66.7 Å². The van der Waals surface area contributed by atoms with Crippen LogP contribution in [0, 0.1) is 0 Å². The highest BCUT2D eigenvalue weighted by Gasteiger charge is 2.15. The van der Waals surface area contributed by atoms with E-state index in [1.165, 1.54) is 18.2 Å². The lowest BCUT2D eigenvalue weighted by molar-refractivity contribution is -0.255. The molecule has 0 N–H and O–H groups in total. The summed E-state index contributed by atoms with van der Waals surface area (Å²) in [5, 5.41) is 12.8. The van der Waals surface area contributed by atoms with Crippen molar-refractivity contribution in [2.75, 3.05) is 0 Å². The molecule has 0 radical (unpaired) electrons. The Morgan fingerprint density at radius 3 is 2.18 bits per heavy atom. The second-order valence-electron chi connectivity index (χ2n) is 4.70. The predicted molar refractivity (Wildman–Crippen MR) is 79.7 cm³/mol. The van der Waals surface area contributed by atoms with Gasteiger partial charge in [-0.05, 0) is 17.5 Å². The number of ether oxygens (including phenoxy) is 1. The maximum Gasteiger partial charge on any atom is 0.344 e. The number of benzene rings is 3. The van der Waals surface area contributed by atoms with Crippen molar-refractivity contribution < 1.29 is 19.4 Å². The molecule has 108 valence electrons. The lowest BCUT2D eigenvalue weighted by atomic mass is 10.1. The van der Waals surface area contributed by atoms with Gasteiger partial charge in [-0.1, -0.05) is 54.6 Å². The minimum absolute atomic E-state index is 0.0320. The van der Waals surface area contributed by atoms with Gasteiger partial charge in [0, 0.05) is 10.9 Å². The first-order valence-electron chi connectivity index (χ1n) is 6.67. The minimum Gasteiger partial charge on any atom is -0.545 e. The standard InChI is InChI=1S/C18H12O4/c19-17(20)14-9-3-4-10-15(14)18(21)22-16-11-5-7-12-6-1-2-8-13(12)16/h1-11H,(H,19,20)/p-1. The van der Waals surface area contributed by atoms with Crippen LogP contribution < -0.4 is 9.84 Å². The first-order valence-corrected chi connectivity index (χ1v) is 6.67. The minimum atomic E-state index is -1.41. The summed E-state index contributed by atoms with van der Waals surface area (Å²) in [5.41, 5.74) is -0.219. The Labute approximate surface area is 126 Å². The molecule has 3 aromatic rings. The van der Waals surface area contributed by atoms with E-state index in [9.17, 15) is 14.7 Å². The van der Waals surface area contributed by atoms with Crippen LogP contribution in [0.5, 0.6) is 5.75 Å². The molecule has 3 rings (SSSR count). The van der Waals surface area contributed by atoms with Crippen molar-refractivity contribution in [1.29, 1.82) is 0 Å². The highest BCUT2D eigenvalue weighted by atomic mass is 16.5. The quantitative estimate of drug-likeness (QED) is 0.549. The van der Waals surface area contributed by atoms with Gasteiger partial charge in [0.1, 0.15) is 5.75 Å². The molecule has 0 aliphatic heterocycles. The zero-order valence-electron chi connectivity index (χ0n) is 11.5. The Hall–Kier alpha value is -3.14. The van der Waals surface area contributed by atoms with Crippen LogP contribution in [0.3, 0.4) is 0 Å². The zero-order chi connectivity index (χ0) is 15.5. The summed E-state index contributed by atoms with van der Waals surface area (Å²) in [5.74, 6) is -1.75. The molecule has 0 saturated carbocycles. The fourth-order valence-electron chi connectivity index (χ4n) is 2.28. The Morgan fingerprint density at radius 1 is 0.773 bits per heavy atom. The van der Waals surface area contributed by atoms with Crippen LogP contribution >= 0.6 is 0 Å². The van der Waals surface area contributed by atoms with E-state index in [0.29, 0.717) is 5.75 Å². The van der Waals surface area contributed by atoms with E-state index in [4.69, 9.17) is 4.74 Å². The van der Waals surface area contributed by atoms with E-state index in [1.807, 2.05) is 30.3 Å². The molecule has 0 aliphatic rings. The van der Waals surface area contributed by atoms with Crippen LogP contribution in [-0.2, 0) is 0 Å². The van der Waals surface area contributed by atoms with Crippen molar-refractivity contribution in [2.24, 2.45) is 0 Å². The highest BCUT2D eigenvalue weighted by molar-refractivity contribution is 6.03. The summed E-state index contributed by atoms with van der Waals surface area (Å²) in [4.78, 5) is 23.3. The van der Waals surface area contributed by atoms with Gasteiger partial charge in [-0.25, -0.2) is 4.79 Å². The summed E-state index contributed by atoms with van der Waals surface area (Å²) in [6, 6.07) is 18.6. The number of rotatable bonds is 3. The summed E-state index contributed by atoms with van der Waals surface area (Å²) in [7, 11) is 0. The molecule has 0 amide bonds. The fraction of sp³-hybridized carbons (Fsp3) is 0. The molecule has 0 fully saturated rings. The molecular formula is C18H11O4-. The number of esters is 1. The Bertz CT molecular complexity index is 862. The smallest absolute Gasteiger partial charge is 0.344 e. The summed E-state index contributed by atoms with van der Waals surface area (Å²) < 4.78 is 5.37. The third kappa shape index (κ3) is 2.54. The van der Waals surface area contributed by atoms with E-state index in [2.05, 4.69) is 0 Å². The topological polar surface area (TPSA) is 66.4 Å². The molecule has 0 aromatic heterocycles. The van der Waals surface area contributed by atoms with Crippen LogP contribution in [0.4, 0.5) is 0 Å². The maximum atomic E-state index is 12.3. The third-order valence-electron chi connectivity index (χ3n) is 3.32. The number of hydrogen-bond donors (Lipinski definition) is 0. The number of carbonyl (C=O) groups is 2. The molecule has 0 spiro atoms. The second kappa shape index (κ2) is 5.69. The van der Waals surface area contributed by atoms with Gasteiger partial charge in [-0.2, -0.15) is 0 Å². The van der Waals surface area contributed by atoms with E-state index in [1.54, 1.807) is 18.2 Å². The third-order valence-corrected chi connectivity index (χ3v) is 3.32. The maximum absolute atomic E-state index is 12.3. The molecule has 4 nitrogen and oxygen atoms in total. The van der Waals surface area contributed by atoms with Crippen molar-refractivity contribution in [2.45, 2.75) is 0 Å². The fourth-order valence-corrected chi connectivity index (χ4v) is 2.28. The molecule has 0 aliphatic carbocycles. The van der Waals surface area contributed by atoms with Crippen molar-refractivity contribution in [3.8, 4) is 5.75 Å². The normalized spacial score (nSPS) is 10.4. The molecule has 0 bridgehead atoms. The van der Waals surface area contributed by atoms with Crippen molar-refractivity contribution in [3.63, 3.8) is 0 Å². The lowest BCUT2D eigenvalue weighted by Gasteiger charge is -2.11. The van der Waals surface area contributed by atoms with E-state index >= 15 is 0 Å². The lowest BCUT2D eigenvalue weighted by Crippen LogP contribution is -2.25. The van der Waals surface area contributed by atoms with Crippen molar-refractivity contribution >= 4 is 22.7 Å². The molecule has 0 atom stereocenters. The van der Waals surface area contributed by atoms with Crippen molar-refractivity contribution in [1.82, 2.24) is 0 Å². The monoisotopic (exact) mass is 291 g/mol. The summed E-state index contributed by atoms with van der Waals surface area (Å²) in [6.07, 6.45) is 0. The highest BCUT2D eigenvalue weighted by Crippen LogP contribution is 2.26. The van der Waals surface area contributed by atoms with Crippen LogP contribution in [-0.4, -0.2) is 11.9 Å². The van der Waals surface area contributed by atoms with Gasteiger partial charge in [0.05, 0.1) is 11.5 Å². The zero-order valence-corrected chi connectivity index (χ0v) is 11.5. The summed E-state index contributed by atoms with van der Waals surface area (Å²) in [6.45, 7) is 0. The van der Waals surface area contributed by atoms with Crippen LogP contribution in [0.25, 0.3) is 10.8 Å². The molecule has 22 heavy (non-hydrogen) atoms. The average molecular weight is 291 g/mol. The van der Waals surface area contributed by atoms with Gasteiger partial charge in [0.25, 0.3) is 0 Å². The van der Waals surface area contributed by atoms with E-state index in [0.717, 1.165) is 10.8 Å². The van der Waals surface area contributed by atoms with Crippen LogP contribution in [0.2, 0.25) is 0 Å². The van der Waals surface area contributed by atoms with E-state index in [-0.39, 0.29) is 11.1 Å². The summed E-state index contributed by atoms with van der Waals surface area (Å²) >= 11 is 0. The Kier molecular flexibility index (Phi) is 3.58. The Morgan fingerprint density at radius 2 is 1.41 bits per heavy atom. The van der Waals surface area contributed by atoms with Gasteiger partial charge in [0.15, 0.2) is 0 Å². The van der Waals surface area contributed by atoms with E-state index < -0.39 is 11.9 Å². The predicted octanol–water partition coefficient (Wildman–Crippen LogP) is 2.42. The molecule has 0 saturated heterocycles. The van der Waals surface area contributed by atoms with Gasteiger partial charge >= 0.3 is 5.97 Å². The van der Waals surface area contributed by atoms with Gasteiger partial charge in [-0.15, -0.1) is 0 Å². The molecule has 4 heteroatoms. The van der Waals surface area contributed by atoms with Crippen molar-refractivity contribution in [3.05, 3.63) is 77.9 Å². The number of fused-ring (bicyclic) bond motifs is 1. The SMILES string of the molecule is O=C([O-])c1ccccc1C(=O)Oc1cccc2ccccc12. The van der Waals surface area contributed by atoms with Gasteiger partial charge in [-0.3, -0.25) is 0 Å². The number of carbonyl (C=O) groups excluding carboxylic acids is 2. The first-order chi connectivity index (χ1) is 10.7. The molecular weight excluding hydrogens is 280 g/mol. The van der Waals surface area contributed by atoms with Gasteiger partial charge in [0.2, 0.25) is 0 Å². The number of carboxylic acid groups (broad SMARTS) is 1. The number of hydrogen-bond acceptors (Lipinski definition) is 4. The average Bonchev–Trinajstić information content (AvgIpc) is 2.55. The Balaban J connectivity index is 1.99. The number of carboxylic acids is 1. The second-order valence-corrected chi connectivity index (χ2v) is 4.70. The molecule has 0 unspecified atom stereocenters. The number of aromatic carboxylic acids is 1. The largest absolute Gasteiger partial charge is 0.545 e. The molecule has 0 heterocycles. The molecule has 3 aromatic carbocycles.